The second kappa shape index (κ2) is 5.61. The predicted molar refractivity (Wildman–Crippen MR) is 77.3 cm³/mol. The molecule has 5 heteroatoms. The number of rotatable bonds is 5. The third-order valence-electron chi connectivity index (χ3n) is 3.51. The quantitative estimate of drug-likeness (QED) is 0.866. The average molecular weight is 282 g/mol. The molecule has 1 unspecified atom stereocenters. The zero-order valence-corrected chi connectivity index (χ0v) is 12.4. The fourth-order valence-corrected chi connectivity index (χ4v) is 3.74. The van der Waals surface area contributed by atoms with Gasteiger partial charge in [-0.2, -0.15) is 0 Å². The van der Waals surface area contributed by atoms with Gasteiger partial charge in [-0.3, -0.25) is 9.69 Å². The second-order valence-corrected chi connectivity index (χ2v) is 7.14. The van der Waals surface area contributed by atoms with Crippen LogP contribution in [-0.4, -0.2) is 34.6 Å². The molecule has 0 aliphatic carbocycles. The first-order valence-corrected chi connectivity index (χ1v) is 7.53. The largest absolute Gasteiger partial charge is 0.480 e. The number of nitrogens with two attached hydrogens (primary N) is 1. The highest BCUT2D eigenvalue weighted by atomic mass is 32.1. The number of nitrogens with zero attached hydrogens (tertiary/aromatic N) is 1. The normalized spacial score (nSPS) is 24.2. The van der Waals surface area contributed by atoms with Crippen LogP contribution < -0.4 is 5.73 Å². The third kappa shape index (κ3) is 3.55. The van der Waals surface area contributed by atoms with Crippen LogP contribution in [0.2, 0.25) is 0 Å². The molecule has 1 atom stereocenters. The fraction of sp³-hybridized carbons (Fsp3) is 0.643. The van der Waals surface area contributed by atoms with Crippen molar-refractivity contribution in [2.75, 3.05) is 13.1 Å². The van der Waals surface area contributed by atoms with Crippen molar-refractivity contribution >= 4 is 17.3 Å². The van der Waals surface area contributed by atoms with Gasteiger partial charge in [0.1, 0.15) is 5.54 Å². The zero-order chi connectivity index (χ0) is 14.0. The molecule has 0 spiro atoms. The van der Waals surface area contributed by atoms with E-state index >= 15 is 0 Å². The van der Waals surface area contributed by atoms with Gasteiger partial charge in [-0.25, -0.2) is 0 Å². The maximum Gasteiger partial charge on any atom is 0.325 e. The van der Waals surface area contributed by atoms with Crippen molar-refractivity contribution < 1.29 is 9.90 Å². The third-order valence-corrected chi connectivity index (χ3v) is 4.60. The van der Waals surface area contributed by atoms with Crippen LogP contribution >= 0.6 is 11.3 Å². The molecule has 1 aliphatic rings. The topological polar surface area (TPSA) is 66.6 Å². The van der Waals surface area contributed by atoms with Crippen LogP contribution in [0.1, 0.15) is 30.0 Å². The number of likely N-dealkylation sites (tertiary alicyclic amines) is 1. The molecule has 1 aromatic rings. The highest BCUT2D eigenvalue weighted by molar-refractivity contribution is 7.11. The van der Waals surface area contributed by atoms with Gasteiger partial charge in [-0.05, 0) is 30.9 Å². The van der Waals surface area contributed by atoms with Gasteiger partial charge in [-0.15, -0.1) is 11.3 Å². The van der Waals surface area contributed by atoms with Gasteiger partial charge in [0, 0.05) is 29.4 Å². The minimum Gasteiger partial charge on any atom is -0.480 e. The van der Waals surface area contributed by atoms with E-state index in [2.05, 4.69) is 30.9 Å². The maximum absolute atomic E-state index is 11.1. The van der Waals surface area contributed by atoms with Crippen LogP contribution in [0.4, 0.5) is 0 Å². The second-order valence-electron chi connectivity index (χ2n) is 5.89. The Bertz CT molecular complexity index is 458. The summed E-state index contributed by atoms with van der Waals surface area (Å²) in [4.78, 5) is 15.9. The molecule has 2 rings (SSSR count). The fourth-order valence-electron chi connectivity index (χ4n) is 2.46. The van der Waals surface area contributed by atoms with Crippen molar-refractivity contribution in [3.05, 3.63) is 21.9 Å². The lowest BCUT2D eigenvalue weighted by atomic mass is 10.0. The summed E-state index contributed by atoms with van der Waals surface area (Å²) in [5.74, 6) is -0.219. The Labute approximate surface area is 118 Å². The number of thiophene rings is 1. The molecule has 0 radical (unpaired) electrons. The van der Waals surface area contributed by atoms with Crippen LogP contribution in [-0.2, 0) is 17.8 Å². The molecule has 2 heterocycles. The molecule has 19 heavy (non-hydrogen) atoms. The molecule has 1 aliphatic heterocycles. The van der Waals surface area contributed by atoms with E-state index in [0.717, 1.165) is 19.5 Å². The monoisotopic (exact) mass is 282 g/mol. The summed E-state index contributed by atoms with van der Waals surface area (Å²) in [5.41, 5.74) is 4.82. The van der Waals surface area contributed by atoms with E-state index in [9.17, 15) is 4.79 Å². The van der Waals surface area contributed by atoms with E-state index in [1.807, 2.05) is 11.3 Å². The van der Waals surface area contributed by atoms with Crippen molar-refractivity contribution in [2.24, 2.45) is 11.7 Å². The van der Waals surface area contributed by atoms with Gasteiger partial charge in [0.25, 0.3) is 0 Å². The smallest absolute Gasteiger partial charge is 0.325 e. The van der Waals surface area contributed by atoms with Crippen molar-refractivity contribution in [3.63, 3.8) is 0 Å². The van der Waals surface area contributed by atoms with E-state index in [1.165, 1.54) is 9.75 Å². The lowest BCUT2D eigenvalue weighted by Gasteiger charge is -2.19. The van der Waals surface area contributed by atoms with Gasteiger partial charge in [0.15, 0.2) is 0 Å². The Morgan fingerprint density at radius 1 is 1.53 bits per heavy atom. The van der Waals surface area contributed by atoms with Gasteiger partial charge < -0.3 is 10.8 Å². The number of hydrogen-bond donors (Lipinski definition) is 2. The van der Waals surface area contributed by atoms with Crippen LogP contribution in [0.3, 0.4) is 0 Å². The summed E-state index contributed by atoms with van der Waals surface area (Å²) in [6, 6.07) is 4.34. The Morgan fingerprint density at radius 3 is 2.79 bits per heavy atom. The van der Waals surface area contributed by atoms with E-state index in [-0.39, 0.29) is 0 Å². The standard InChI is InChI=1S/C14H22N2O2S/c1-10(2)7-11-3-4-12(19-11)8-16-6-5-14(15,9-16)13(17)18/h3-4,10H,5-9,15H2,1-2H3,(H,17,18). The van der Waals surface area contributed by atoms with E-state index < -0.39 is 11.5 Å². The van der Waals surface area contributed by atoms with Gasteiger partial charge in [0.2, 0.25) is 0 Å². The van der Waals surface area contributed by atoms with Crippen LogP contribution in [0.15, 0.2) is 12.1 Å². The number of carbonyl (C=O) groups is 1. The first-order valence-electron chi connectivity index (χ1n) is 6.71. The molecule has 1 fully saturated rings. The molecule has 4 nitrogen and oxygen atoms in total. The first kappa shape index (κ1) is 14.5. The SMILES string of the molecule is CC(C)Cc1ccc(CN2CCC(N)(C(=O)O)C2)s1. The van der Waals surface area contributed by atoms with Crippen molar-refractivity contribution in [2.45, 2.75) is 38.8 Å². The van der Waals surface area contributed by atoms with Gasteiger partial charge >= 0.3 is 5.97 Å². The Morgan fingerprint density at radius 2 is 2.21 bits per heavy atom. The van der Waals surface area contributed by atoms with E-state index in [4.69, 9.17) is 10.8 Å². The predicted octanol–water partition coefficient (Wildman–Crippen LogP) is 1.93. The highest BCUT2D eigenvalue weighted by Gasteiger charge is 2.41. The van der Waals surface area contributed by atoms with Crippen molar-refractivity contribution in [3.8, 4) is 0 Å². The molecule has 0 saturated carbocycles. The molecule has 3 N–H and O–H groups in total. The van der Waals surface area contributed by atoms with Crippen LogP contribution in [0.25, 0.3) is 0 Å². The zero-order valence-electron chi connectivity index (χ0n) is 11.6. The Kier molecular flexibility index (Phi) is 4.28. The number of carboxylic acids is 1. The molecule has 0 amide bonds. The van der Waals surface area contributed by atoms with Crippen molar-refractivity contribution in [1.29, 1.82) is 0 Å². The average Bonchev–Trinajstić information content (AvgIpc) is 2.87. The minimum atomic E-state index is -1.06. The maximum atomic E-state index is 11.1. The van der Waals surface area contributed by atoms with Gasteiger partial charge in [-0.1, -0.05) is 13.8 Å². The molecular weight excluding hydrogens is 260 g/mol. The molecule has 1 saturated heterocycles. The number of carboxylic acid groups (broad SMARTS) is 1. The molecule has 0 aromatic carbocycles. The number of aliphatic carboxylic acids is 1. The summed E-state index contributed by atoms with van der Waals surface area (Å²) >= 11 is 1.83. The van der Waals surface area contributed by atoms with E-state index in [0.29, 0.717) is 18.9 Å². The molecule has 106 valence electrons. The summed E-state index contributed by atoms with van der Waals surface area (Å²) in [6.07, 6.45) is 1.65. The first-order chi connectivity index (χ1) is 8.89. The molecular formula is C14H22N2O2S. The van der Waals surface area contributed by atoms with Crippen LogP contribution in [0.5, 0.6) is 0 Å². The lowest BCUT2D eigenvalue weighted by Crippen LogP contribution is -2.49. The summed E-state index contributed by atoms with van der Waals surface area (Å²) < 4.78 is 0. The molecule has 1 aromatic heterocycles. The summed E-state index contributed by atoms with van der Waals surface area (Å²) in [6.45, 7) is 6.46. The Balaban J connectivity index is 1.92. The number of hydrogen-bond acceptors (Lipinski definition) is 4. The highest BCUT2D eigenvalue weighted by Crippen LogP contribution is 2.25. The van der Waals surface area contributed by atoms with Crippen molar-refractivity contribution in [1.82, 2.24) is 4.90 Å². The molecule has 0 bridgehead atoms. The Hall–Kier alpha value is -0.910. The van der Waals surface area contributed by atoms with Gasteiger partial charge in [0.05, 0.1) is 0 Å². The summed E-state index contributed by atoms with van der Waals surface area (Å²) in [7, 11) is 0. The summed E-state index contributed by atoms with van der Waals surface area (Å²) in [5, 5.41) is 9.11. The lowest BCUT2D eigenvalue weighted by molar-refractivity contribution is -0.142. The van der Waals surface area contributed by atoms with Crippen LogP contribution in [0, 0.1) is 5.92 Å². The van der Waals surface area contributed by atoms with E-state index in [1.54, 1.807) is 0 Å². The minimum absolute atomic E-state index is 0.444.